The van der Waals surface area contributed by atoms with Crippen molar-refractivity contribution >= 4 is 11.8 Å². The molecule has 7 heteroatoms. The number of hydrogen-bond donors (Lipinski definition) is 0. The highest BCUT2D eigenvalue weighted by molar-refractivity contribution is 5.97. The van der Waals surface area contributed by atoms with Crippen molar-refractivity contribution in [2.45, 2.75) is 58.4 Å². The fraction of sp³-hybridized carbons (Fsp3) is 0.762. The van der Waals surface area contributed by atoms with Gasteiger partial charge >= 0.3 is 0 Å². The summed E-state index contributed by atoms with van der Waals surface area (Å²) in [5, 5.41) is 0. The molecule has 154 valence electrons. The fourth-order valence-corrected chi connectivity index (χ4v) is 4.71. The van der Waals surface area contributed by atoms with Crippen molar-refractivity contribution < 1.29 is 9.59 Å². The van der Waals surface area contributed by atoms with Gasteiger partial charge in [-0.25, -0.2) is 4.98 Å². The molecule has 2 saturated heterocycles. The predicted octanol–water partition coefficient (Wildman–Crippen LogP) is 2.01. The monoisotopic (exact) mass is 387 g/mol. The van der Waals surface area contributed by atoms with Crippen LogP contribution in [-0.2, 0) is 13.0 Å². The summed E-state index contributed by atoms with van der Waals surface area (Å²) in [7, 11) is 0. The average molecular weight is 388 g/mol. The summed E-state index contributed by atoms with van der Waals surface area (Å²) >= 11 is 0. The van der Waals surface area contributed by atoms with E-state index >= 15 is 0 Å². The molecule has 0 atom stereocenters. The number of rotatable bonds is 3. The first-order valence-electron chi connectivity index (χ1n) is 11.1. The van der Waals surface area contributed by atoms with Gasteiger partial charge in [-0.1, -0.05) is 19.8 Å². The Balaban J connectivity index is 1.58. The molecule has 1 aromatic heterocycles. The van der Waals surface area contributed by atoms with E-state index in [0.717, 1.165) is 90.2 Å². The van der Waals surface area contributed by atoms with Crippen LogP contribution in [0.1, 0.15) is 72.3 Å². The molecule has 7 nitrogen and oxygen atoms in total. The summed E-state index contributed by atoms with van der Waals surface area (Å²) in [5.41, 5.74) is 1.51. The van der Waals surface area contributed by atoms with E-state index < -0.39 is 0 Å². The zero-order valence-corrected chi connectivity index (χ0v) is 17.2. The molecule has 3 aliphatic heterocycles. The van der Waals surface area contributed by atoms with E-state index in [1.807, 2.05) is 14.4 Å². The van der Waals surface area contributed by atoms with Gasteiger partial charge in [-0.05, 0) is 38.6 Å². The van der Waals surface area contributed by atoms with Crippen molar-refractivity contribution in [1.29, 1.82) is 0 Å². The van der Waals surface area contributed by atoms with E-state index in [1.165, 1.54) is 12.8 Å². The molecule has 0 aliphatic carbocycles. The fourth-order valence-electron chi connectivity index (χ4n) is 4.71. The van der Waals surface area contributed by atoms with Crippen LogP contribution in [0.4, 0.5) is 0 Å². The second-order valence-electron chi connectivity index (χ2n) is 8.27. The summed E-state index contributed by atoms with van der Waals surface area (Å²) in [5.74, 6) is 0.517. The van der Waals surface area contributed by atoms with Crippen molar-refractivity contribution in [2.24, 2.45) is 0 Å². The van der Waals surface area contributed by atoms with Crippen LogP contribution >= 0.6 is 0 Å². The number of fused-ring (bicyclic) bond motifs is 1. The van der Waals surface area contributed by atoms with Gasteiger partial charge in [0, 0.05) is 45.8 Å². The first kappa shape index (κ1) is 19.4. The standard InChI is InChI=1S/C21H33N5O2/c1-2-23-13-15-25(16-14-23)20(27)18-17-9-5-8-12-26(17)19(22-18)21(28)24-10-6-3-4-7-11-24/h2-16H2,1H3. The minimum absolute atomic E-state index is 0.0105. The van der Waals surface area contributed by atoms with Gasteiger partial charge in [-0.15, -0.1) is 0 Å². The van der Waals surface area contributed by atoms with Gasteiger partial charge in [-0.3, -0.25) is 9.59 Å². The van der Waals surface area contributed by atoms with E-state index in [0.29, 0.717) is 11.5 Å². The molecule has 0 spiro atoms. The predicted molar refractivity (Wildman–Crippen MR) is 108 cm³/mol. The largest absolute Gasteiger partial charge is 0.336 e. The highest BCUT2D eigenvalue weighted by Crippen LogP contribution is 2.24. The van der Waals surface area contributed by atoms with Crippen LogP contribution in [-0.4, -0.2) is 81.9 Å². The summed E-state index contributed by atoms with van der Waals surface area (Å²) < 4.78 is 2.05. The Morgan fingerprint density at radius 2 is 1.43 bits per heavy atom. The van der Waals surface area contributed by atoms with Gasteiger partial charge in [0.15, 0.2) is 5.82 Å². The van der Waals surface area contributed by atoms with E-state index in [2.05, 4.69) is 16.8 Å². The molecular weight excluding hydrogens is 354 g/mol. The SMILES string of the molecule is CCN1CCN(C(=O)c2nc(C(=O)N3CCCCCC3)n3c2CCCC3)CC1. The van der Waals surface area contributed by atoms with Gasteiger partial charge < -0.3 is 19.3 Å². The van der Waals surface area contributed by atoms with Gasteiger partial charge in [0.1, 0.15) is 5.69 Å². The first-order valence-corrected chi connectivity index (χ1v) is 11.1. The summed E-state index contributed by atoms with van der Waals surface area (Å²) in [4.78, 5) is 37.4. The molecular formula is C21H33N5O2. The van der Waals surface area contributed by atoms with Crippen LogP contribution in [0.25, 0.3) is 0 Å². The normalized spacial score (nSPS) is 21.3. The summed E-state index contributed by atoms with van der Waals surface area (Å²) in [6.45, 7) is 8.92. The molecule has 0 radical (unpaired) electrons. The number of imidazole rings is 1. The molecule has 0 N–H and O–H groups in total. The van der Waals surface area contributed by atoms with Crippen LogP contribution in [0.3, 0.4) is 0 Å². The number of piperazine rings is 1. The van der Waals surface area contributed by atoms with Gasteiger partial charge in [0.05, 0.1) is 5.69 Å². The maximum Gasteiger partial charge on any atom is 0.289 e. The lowest BCUT2D eigenvalue weighted by atomic mass is 10.1. The van der Waals surface area contributed by atoms with Crippen molar-refractivity contribution in [3.05, 3.63) is 17.2 Å². The first-order chi connectivity index (χ1) is 13.7. The van der Waals surface area contributed by atoms with Crippen LogP contribution in [0.15, 0.2) is 0 Å². The molecule has 4 rings (SSSR count). The van der Waals surface area contributed by atoms with Crippen molar-refractivity contribution in [1.82, 2.24) is 24.3 Å². The Bertz CT molecular complexity index is 713. The van der Waals surface area contributed by atoms with Crippen LogP contribution in [0.5, 0.6) is 0 Å². The lowest BCUT2D eigenvalue weighted by molar-refractivity contribution is 0.0636. The van der Waals surface area contributed by atoms with Gasteiger partial charge in [-0.2, -0.15) is 0 Å². The maximum absolute atomic E-state index is 13.2. The number of likely N-dealkylation sites (tertiary alicyclic amines) is 1. The number of aromatic nitrogens is 2. The number of likely N-dealkylation sites (N-methyl/N-ethyl adjacent to an activating group) is 1. The Morgan fingerprint density at radius 1 is 0.786 bits per heavy atom. The summed E-state index contributed by atoms with van der Waals surface area (Å²) in [6, 6.07) is 0. The third-order valence-corrected chi connectivity index (χ3v) is 6.51. The van der Waals surface area contributed by atoms with Crippen LogP contribution in [0, 0.1) is 0 Å². The lowest BCUT2D eigenvalue weighted by Crippen LogP contribution is -2.48. The Morgan fingerprint density at radius 3 is 2.11 bits per heavy atom. The van der Waals surface area contributed by atoms with E-state index in [9.17, 15) is 9.59 Å². The summed E-state index contributed by atoms with van der Waals surface area (Å²) in [6.07, 6.45) is 7.46. The lowest BCUT2D eigenvalue weighted by Gasteiger charge is -2.33. The average Bonchev–Trinajstić information content (AvgIpc) is 2.92. The molecule has 1 aromatic rings. The molecule has 2 fully saturated rings. The van der Waals surface area contributed by atoms with Crippen LogP contribution < -0.4 is 0 Å². The molecule has 28 heavy (non-hydrogen) atoms. The molecule has 0 bridgehead atoms. The quantitative estimate of drug-likeness (QED) is 0.796. The van der Waals surface area contributed by atoms with Gasteiger partial charge in [0.25, 0.3) is 11.8 Å². The smallest absolute Gasteiger partial charge is 0.289 e. The molecule has 3 aliphatic rings. The number of nitrogens with zero attached hydrogens (tertiary/aromatic N) is 5. The zero-order valence-electron chi connectivity index (χ0n) is 17.2. The molecule has 0 unspecified atom stereocenters. The highest BCUT2D eigenvalue weighted by Gasteiger charge is 2.32. The highest BCUT2D eigenvalue weighted by atomic mass is 16.2. The zero-order chi connectivity index (χ0) is 19.5. The molecule has 0 saturated carbocycles. The third-order valence-electron chi connectivity index (χ3n) is 6.51. The third kappa shape index (κ3) is 3.81. The second-order valence-corrected chi connectivity index (χ2v) is 8.27. The number of hydrogen-bond acceptors (Lipinski definition) is 4. The van der Waals surface area contributed by atoms with E-state index in [-0.39, 0.29) is 11.8 Å². The van der Waals surface area contributed by atoms with Crippen LogP contribution in [0.2, 0.25) is 0 Å². The minimum Gasteiger partial charge on any atom is -0.336 e. The molecule has 0 aromatic carbocycles. The van der Waals surface area contributed by atoms with E-state index in [1.54, 1.807) is 0 Å². The van der Waals surface area contributed by atoms with E-state index in [4.69, 9.17) is 0 Å². The minimum atomic E-state index is 0.0105. The van der Waals surface area contributed by atoms with Crippen molar-refractivity contribution in [3.8, 4) is 0 Å². The Labute approximate surface area is 167 Å². The number of carbonyl (C=O) groups excluding carboxylic acids is 2. The molecule has 4 heterocycles. The number of amides is 2. The topological polar surface area (TPSA) is 61.7 Å². The molecule has 2 amide bonds. The Kier molecular flexibility index (Phi) is 5.99. The Hall–Kier alpha value is -1.89. The van der Waals surface area contributed by atoms with Crippen molar-refractivity contribution in [2.75, 3.05) is 45.8 Å². The van der Waals surface area contributed by atoms with Crippen molar-refractivity contribution in [3.63, 3.8) is 0 Å². The number of carbonyl (C=O) groups is 2. The van der Waals surface area contributed by atoms with Gasteiger partial charge in [0.2, 0.25) is 0 Å². The maximum atomic E-state index is 13.2. The second kappa shape index (κ2) is 8.64.